The molecule has 2 rings (SSSR count). The minimum Gasteiger partial charge on any atom is -0.481 e. The van der Waals surface area contributed by atoms with Gasteiger partial charge in [-0.2, -0.15) is 0 Å². The van der Waals surface area contributed by atoms with Crippen LogP contribution in [0.2, 0.25) is 0 Å². The van der Waals surface area contributed by atoms with Crippen LogP contribution >= 0.6 is 0 Å². The molecule has 4 N–H and O–H groups in total. The average molecular weight is 466 g/mol. The minimum absolute atomic E-state index is 0.0541. The Morgan fingerprint density at radius 1 is 1.25 bits per heavy atom. The second-order valence-electron chi connectivity index (χ2n) is 7.23. The molecular formula is C20H31N7O4S. The van der Waals surface area contributed by atoms with Gasteiger partial charge in [0.15, 0.2) is 0 Å². The second-order valence-corrected chi connectivity index (χ2v) is 9.21. The van der Waals surface area contributed by atoms with Crippen molar-refractivity contribution < 1.29 is 17.9 Å². The highest BCUT2D eigenvalue weighted by Crippen LogP contribution is 2.26. The van der Waals surface area contributed by atoms with E-state index in [1.807, 2.05) is 19.9 Å². The fourth-order valence-electron chi connectivity index (χ4n) is 3.13. The molecule has 0 spiro atoms. The van der Waals surface area contributed by atoms with Crippen LogP contribution in [0.1, 0.15) is 36.9 Å². The van der Waals surface area contributed by atoms with Gasteiger partial charge >= 0.3 is 0 Å². The first kappa shape index (κ1) is 25.3. The maximum atomic E-state index is 11.7. The van der Waals surface area contributed by atoms with Gasteiger partial charge in [0.2, 0.25) is 21.8 Å². The van der Waals surface area contributed by atoms with Crippen LogP contribution in [0.25, 0.3) is 0 Å². The first-order valence-electron chi connectivity index (χ1n) is 10.2. The zero-order chi connectivity index (χ0) is 23.7. The Morgan fingerprint density at radius 2 is 1.97 bits per heavy atom. The Balaban J connectivity index is 2.09. The summed E-state index contributed by atoms with van der Waals surface area (Å²) < 4.78 is 29.9. The number of methoxy groups -OCH3 is 1. The number of nitrogens with two attached hydrogens (primary N) is 1. The van der Waals surface area contributed by atoms with Gasteiger partial charge < -0.3 is 21.1 Å². The molecule has 176 valence electrons. The second kappa shape index (κ2) is 11.6. The number of pyridine rings is 1. The van der Waals surface area contributed by atoms with Crippen LogP contribution in [0.5, 0.6) is 5.88 Å². The van der Waals surface area contributed by atoms with Crippen LogP contribution in [-0.4, -0.2) is 66.6 Å². The molecule has 11 nitrogen and oxygen atoms in total. The molecule has 32 heavy (non-hydrogen) atoms. The number of rotatable bonds is 13. The summed E-state index contributed by atoms with van der Waals surface area (Å²) in [6, 6.07) is 3.09. The number of nitrogens with zero attached hydrogens (tertiary/aromatic N) is 4. The number of carbonyl (C=O) groups is 1. The predicted molar refractivity (Wildman–Crippen MR) is 123 cm³/mol. The van der Waals surface area contributed by atoms with E-state index in [1.165, 1.54) is 24.0 Å². The number of ether oxygens (including phenoxy) is 1. The third kappa shape index (κ3) is 7.31. The molecular weight excluding hydrogens is 434 g/mol. The summed E-state index contributed by atoms with van der Waals surface area (Å²) in [4.78, 5) is 24.4. The van der Waals surface area contributed by atoms with Gasteiger partial charge in [-0.15, -0.1) is 0 Å². The summed E-state index contributed by atoms with van der Waals surface area (Å²) in [6.07, 6.45) is 4.92. The number of anilines is 2. The Bertz CT molecular complexity index is 1000. The van der Waals surface area contributed by atoms with Crippen molar-refractivity contribution in [2.24, 2.45) is 5.73 Å². The molecule has 1 atom stereocenters. The summed E-state index contributed by atoms with van der Waals surface area (Å²) in [5.74, 6) is 1.18. The van der Waals surface area contributed by atoms with Crippen molar-refractivity contribution in [1.82, 2.24) is 19.3 Å². The van der Waals surface area contributed by atoms with Crippen LogP contribution in [0.4, 0.5) is 11.6 Å². The molecule has 0 bridgehead atoms. The van der Waals surface area contributed by atoms with E-state index in [0.717, 1.165) is 11.1 Å². The van der Waals surface area contributed by atoms with E-state index in [1.54, 1.807) is 12.3 Å². The number of primary amides is 1. The lowest BCUT2D eigenvalue weighted by molar-refractivity contribution is -0.118. The van der Waals surface area contributed by atoms with Crippen molar-refractivity contribution in [2.45, 2.75) is 32.7 Å². The van der Waals surface area contributed by atoms with Gasteiger partial charge in [0.1, 0.15) is 18.0 Å². The summed E-state index contributed by atoms with van der Waals surface area (Å²) in [5.41, 5.74) is 6.96. The van der Waals surface area contributed by atoms with Gasteiger partial charge in [-0.05, 0) is 18.9 Å². The van der Waals surface area contributed by atoms with Crippen molar-refractivity contribution in [3.63, 3.8) is 0 Å². The smallest absolute Gasteiger partial charge is 0.219 e. The molecule has 0 saturated carbocycles. The number of carbonyl (C=O) groups excluding carboxylic acids is 1. The Labute approximate surface area is 188 Å². The van der Waals surface area contributed by atoms with E-state index >= 15 is 0 Å². The molecule has 2 aromatic heterocycles. The molecule has 1 amide bonds. The lowest BCUT2D eigenvalue weighted by atomic mass is 10.1. The quantitative estimate of drug-likeness (QED) is 0.372. The molecule has 0 aromatic carbocycles. The van der Waals surface area contributed by atoms with Crippen LogP contribution in [-0.2, 0) is 14.8 Å². The van der Waals surface area contributed by atoms with Gasteiger partial charge in [0, 0.05) is 37.5 Å². The number of sulfonamides is 1. The molecule has 2 aromatic rings. The number of hydrogen-bond donors (Lipinski definition) is 3. The molecule has 0 fully saturated rings. The highest BCUT2D eigenvalue weighted by molar-refractivity contribution is 7.88. The zero-order valence-electron chi connectivity index (χ0n) is 18.8. The van der Waals surface area contributed by atoms with Crippen LogP contribution in [0, 0.1) is 6.92 Å². The number of nitrogens with one attached hydrogen (secondary N) is 2. The topological polar surface area (TPSA) is 152 Å². The maximum Gasteiger partial charge on any atom is 0.219 e. The fraction of sp³-hybridized carbons (Fsp3) is 0.500. The van der Waals surface area contributed by atoms with E-state index in [4.69, 9.17) is 10.5 Å². The van der Waals surface area contributed by atoms with E-state index in [2.05, 4.69) is 25.6 Å². The largest absolute Gasteiger partial charge is 0.481 e. The lowest BCUT2D eigenvalue weighted by Gasteiger charge is -2.21. The third-order valence-electron chi connectivity index (χ3n) is 4.87. The molecule has 0 aliphatic rings. The highest BCUT2D eigenvalue weighted by Gasteiger charge is 2.18. The van der Waals surface area contributed by atoms with Crippen molar-refractivity contribution in [3.8, 4) is 5.88 Å². The normalized spacial score (nSPS) is 12.4. The average Bonchev–Trinajstić information content (AvgIpc) is 2.74. The summed E-state index contributed by atoms with van der Waals surface area (Å²) >= 11 is 0. The molecule has 0 aliphatic carbocycles. The SMILES string of the molecule is CCN(CCCNc1ncnc(NC(CC(N)=O)c2ccc(OC)nc2)c1C)S(C)(=O)=O. The summed E-state index contributed by atoms with van der Waals surface area (Å²) in [7, 11) is -1.68. The third-order valence-corrected chi connectivity index (χ3v) is 6.25. The number of amides is 1. The molecule has 0 radical (unpaired) electrons. The van der Waals surface area contributed by atoms with Gasteiger partial charge in [-0.1, -0.05) is 13.0 Å². The molecule has 0 aliphatic heterocycles. The summed E-state index contributed by atoms with van der Waals surface area (Å²) in [6.45, 7) is 5.05. The molecule has 1 unspecified atom stereocenters. The Kier molecular flexibility index (Phi) is 9.14. The molecule has 0 saturated heterocycles. The van der Waals surface area contributed by atoms with Gasteiger partial charge in [-0.3, -0.25) is 4.79 Å². The number of aromatic nitrogens is 3. The fourth-order valence-corrected chi connectivity index (χ4v) is 4.06. The van der Waals surface area contributed by atoms with Crippen molar-refractivity contribution in [2.75, 3.05) is 43.6 Å². The first-order chi connectivity index (χ1) is 15.2. The van der Waals surface area contributed by atoms with E-state index in [9.17, 15) is 13.2 Å². The summed E-state index contributed by atoms with van der Waals surface area (Å²) in [5, 5.41) is 6.47. The standard InChI is InChI=1S/C20H31N7O4S/c1-5-27(32(4,29)30)10-6-9-22-19-14(2)20(25-13-24-19)26-16(11-17(21)28)15-7-8-18(31-3)23-12-15/h7-8,12-13,16H,5-6,9-11H2,1-4H3,(H2,21,28)(H2,22,24,25,26). The zero-order valence-corrected chi connectivity index (χ0v) is 19.6. The first-order valence-corrected chi connectivity index (χ1v) is 12.1. The van der Waals surface area contributed by atoms with Gasteiger partial charge in [0.25, 0.3) is 0 Å². The molecule has 12 heteroatoms. The minimum atomic E-state index is -3.21. The lowest BCUT2D eigenvalue weighted by Crippen LogP contribution is -2.31. The van der Waals surface area contributed by atoms with Gasteiger partial charge in [0.05, 0.1) is 25.8 Å². The monoisotopic (exact) mass is 465 g/mol. The van der Waals surface area contributed by atoms with Crippen LogP contribution in [0.3, 0.4) is 0 Å². The maximum absolute atomic E-state index is 11.7. The number of hydrogen-bond acceptors (Lipinski definition) is 9. The van der Waals surface area contributed by atoms with E-state index < -0.39 is 22.0 Å². The van der Waals surface area contributed by atoms with Crippen molar-refractivity contribution >= 4 is 27.6 Å². The van der Waals surface area contributed by atoms with Gasteiger partial charge in [-0.25, -0.2) is 27.7 Å². The van der Waals surface area contributed by atoms with E-state index in [0.29, 0.717) is 43.6 Å². The predicted octanol–water partition coefficient (Wildman–Crippen LogP) is 1.30. The van der Waals surface area contributed by atoms with Crippen molar-refractivity contribution in [1.29, 1.82) is 0 Å². The van der Waals surface area contributed by atoms with E-state index in [-0.39, 0.29) is 6.42 Å². The van der Waals surface area contributed by atoms with Crippen LogP contribution < -0.4 is 21.1 Å². The Hall–Kier alpha value is -2.99. The van der Waals surface area contributed by atoms with Crippen molar-refractivity contribution in [3.05, 3.63) is 35.8 Å². The molecule has 2 heterocycles. The Morgan fingerprint density at radius 3 is 2.53 bits per heavy atom. The van der Waals surface area contributed by atoms with Crippen LogP contribution in [0.15, 0.2) is 24.7 Å². The highest BCUT2D eigenvalue weighted by atomic mass is 32.2.